The number of primary sulfonamides is 1. The number of alkyl halides is 3. The Balaban J connectivity index is 1.42. The predicted molar refractivity (Wildman–Crippen MR) is 174 cm³/mol. The van der Waals surface area contributed by atoms with Gasteiger partial charge in [0.2, 0.25) is 10.0 Å². The molecule has 0 bridgehead atoms. The number of aromatic nitrogens is 3. The first kappa shape index (κ1) is 29.7. The molecule has 7 rings (SSSR count). The molecule has 0 spiro atoms. The zero-order chi connectivity index (χ0) is 32.2. The molecule has 228 valence electrons. The maximum absolute atomic E-state index is 14.8. The summed E-state index contributed by atoms with van der Waals surface area (Å²) in [6.07, 6.45) is -4.76. The van der Waals surface area contributed by atoms with E-state index in [2.05, 4.69) is 11.2 Å². The number of hydrogen-bond acceptors (Lipinski definition) is 4. The van der Waals surface area contributed by atoms with Crippen molar-refractivity contribution >= 4 is 43.4 Å². The van der Waals surface area contributed by atoms with Crippen LogP contribution < -0.4 is 5.14 Å². The number of rotatable bonds is 5. The van der Waals surface area contributed by atoms with Crippen molar-refractivity contribution in [1.29, 1.82) is 0 Å². The SMILES string of the molecule is NS(=O)(=O)c1ccc(-n2nc(-c3ccc(Cl)cc3)c3c(C(F)(F)F)cc(-c4ccc(-c5ccc6ccccc6c5)cc4)nc32)cc1. The lowest BCUT2D eigenvalue weighted by atomic mass is 9.98. The standard InChI is InChI=1S/C35H22ClF3N4O2S/c36-27-13-11-24(12-14-27)33-32-30(35(37,38)39)20-31(41-34(32)43(42-33)28-15-17-29(18-16-28)46(40,44)45)23-8-5-22(6-9-23)26-10-7-21-3-1-2-4-25(21)19-26/h1-20H,(H2,40,44,45). The Morgan fingerprint density at radius 1 is 0.696 bits per heavy atom. The topological polar surface area (TPSA) is 90.9 Å². The second kappa shape index (κ2) is 11.1. The van der Waals surface area contributed by atoms with Gasteiger partial charge in [-0.05, 0) is 70.4 Å². The molecule has 46 heavy (non-hydrogen) atoms. The van der Waals surface area contributed by atoms with Gasteiger partial charge in [-0.3, -0.25) is 0 Å². The average Bonchev–Trinajstić information content (AvgIpc) is 3.43. The van der Waals surface area contributed by atoms with Crippen LogP contribution >= 0.6 is 11.6 Å². The molecule has 2 N–H and O–H groups in total. The molecule has 0 radical (unpaired) electrons. The summed E-state index contributed by atoms with van der Waals surface area (Å²) in [6, 6.07) is 33.9. The average molecular weight is 655 g/mol. The molecule has 0 saturated carbocycles. The maximum Gasteiger partial charge on any atom is 0.417 e. The quantitative estimate of drug-likeness (QED) is 0.201. The monoisotopic (exact) mass is 654 g/mol. The highest BCUT2D eigenvalue weighted by molar-refractivity contribution is 7.89. The van der Waals surface area contributed by atoms with Crippen LogP contribution in [0.1, 0.15) is 5.56 Å². The van der Waals surface area contributed by atoms with Crippen LogP contribution in [0, 0.1) is 0 Å². The second-order valence-electron chi connectivity index (χ2n) is 10.7. The van der Waals surface area contributed by atoms with Gasteiger partial charge < -0.3 is 0 Å². The number of benzene rings is 5. The van der Waals surface area contributed by atoms with Crippen molar-refractivity contribution in [1.82, 2.24) is 14.8 Å². The van der Waals surface area contributed by atoms with Crippen molar-refractivity contribution in [2.24, 2.45) is 5.14 Å². The number of hydrogen-bond donors (Lipinski definition) is 1. The van der Waals surface area contributed by atoms with Crippen LogP contribution in [0.4, 0.5) is 13.2 Å². The van der Waals surface area contributed by atoms with Crippen molar-refractivity contribution in [2.45, 2.75) is 11.1 Å². The van der Waals surface area contributed by atoms with Crippen molar-refractivity contribution < 1.29 is 21.6 Å². The van der Waals surface area contributed by atoms with Crippen molar-refractivity contribution in [3.8, 4) is 39.3 Å². The first-order valence-corrected chi connectivity index (χ1v) is 15.9. The van der Waals surface area contributed by atoms with Gasteiger partial charge >= 0.3 is 6.18 Å². The van der Waals surface area contributed by atoms with Crippen LogP contribution in [0.3, 0.4) is 0 Å². The zero-order valence-corrected chi connectivity index (χ0v) is 25.3. The van der Waals surface area contributed by atoms with E-state index in [-0.39, 0.29) is 27.3 Å². The molecule has 7 aromatic rings. The summed E-state index contributed by atoms with van der Waals surface area (Å²) in [5.74, 6) is 0. The third-order valence-corrected chi connectivity index (χ3v) is 8.92. The normalized spacial score (nSPS) is 12.2. The second-order valence-corrected chi connectivity index (χ2v) is 12.7. The van der Waals surface area contributed by atoms with Gasteiger partial charge in [0.25, 0.3) is 0 Å². The summed E-state index contributed by atoms with van der Waals surface area (Å²) >= 11 is 6.06. The van der Waals surface area contributed by atoms with Gasteiger partial charge in [-0.2, -0.15) is 18.3 Å². The summed E-state index contributed by atoms with van der Waals surface area (Å²) in [4.78, 5) is 4.55. The largest absolute Gasteiger partial charge is 0.417 e. The van der Waals surface area contributed by atoms with E-state index in [1.807, 2.05) is 48.5 Å². The van der Waals surface area contributed by atoms with E-state index in [4.69, 9.17) is 21.7 Å². The van der Waals surface area contributed by atoms with Crippen molar-refractivity contribution in [2.75, 3.05) is 0 Å². The number of fused-ring (bicyclic) bond motifs is 2. The van der Waals surface area contributed by atoms with Gasteiger partial charge in [0.05, 0.1) is 27.2 Å². The molecule has 11 heteroatoms. The van der Waals surface area contributed by atoms with Crippen LogP contribution in [0.25, 0.3) is 61.1 Å². The minimum atomic E-state index is -4.76. The highest BCUT2D eigenvalue weighted by atomic mass is 35.5. The molecule has 6 nitrogen and oxygen atoms in total. The van der Waals surface area contributed by atoms with Gasteiger partial charge in [0.1, 0.15) is 5.69 Å². The summed E-state index contributed by atoms with van der Waals surface area (Å²) in [7, 11) is -4.00. The fourth-order valence-electron chi connectivity index (χ4n) is 5.46. The van der Waals surface area contributed by atoms with Crippen LogP contribution in [-0.2, 0) is 16.2 Å². The van der Waals surface area contributed by atoms with Gasteiger partial charge in [-0.15, -0.1) is 0 Å². The molecule has 0 amide bonds. The fourth-order valence-corrected chi connectivity index (χ4v) is 6.10. The number of nitrogens with two attached hydrogens (primary N) is 1. The third-order valence-electron chi connectivity index (χ3n) is 7.73. The smallest absolute Gasteiger partial charge is 0.228 e. The van der Waals surface area contributed by atoms with Crippen molar-refractivity contribution in [3.05, 3.63) is 132 Å². The molecular weight excluding hydrogens is 633 g/mol. The van der Waals surface area contributed by atoms with Gasteiger partial charge in [0.15, 0.2) is 5.65 Å². The third kappa shape index (κ3) is 5.51. The number of pyridine rings is 1. The Morgan fingerprint density at radius 3 is 1.96 bits per heavy atom. The molecule has 0 atom stereocenters. The van der Waals surface area contributed by atoms with Gasteiger partial charge in [-0.1, -0.05) is 84.4 Å². The van der Waals surface area contributed by atoms with E-state index in [1.165, 1.54) is 28.9 Å². The fraction of sp³-hybridized carbons (Fsp3) is 0.0286. The van der Waals surface area contributed by atoms with E-state index in [9.17, 15) is 21.6 Å². The van der Waals surface area contributed by atoms with Crippen LogP contribution in [-0.4, -0.2) is 23.2 Å². The number of nitrogens with zero attached hydrogens (tertiary/aromatic N) is 3. The lowest BCUT2D eigenvalue weighted by Gasteiger charge is -2.13. The molecule has 0 aliphatic carbocycles. The van der Waals surface area contributed by atoms with Gasteiger partial charge in [-0.25, -0.2) is 23.2 Å². The van der Waals surface area contributed by atoms with Crippen molar-refractivity contribution in [3.63, 3.8) is 0 Å². The molecule has 2 aromatic heterocycles. The summed E-state index contributed by atoms with van der Waals surface area (Å²) in [6.45, 7) is 0. The molecule has 0 unspecified atom stereocenters. The minimum absolute atomic E-state index is 0.0419. The first-order chi connectivity index (χ1) is 22.0. The van der Waals surface area contributed by atoms with E-state index in [0.29, 0.717) is 21.8 Å². The first-order valence-electron chi connectivity index (χ1n) is 14.0. The summed E-state index contributed by atoms with van der Waals surface area (Å²) in [5, 5.41) is 12.2. The van der Waals surface area contributed by atoms with E-state index in [0.717, 1.165) is 28.0 Å². The lowest BCUT2D eigenvalue weighted by molar-refractivity contribution is -0.136. The summed E-state index contributed by atoms with van der Waals surface area (Å²) in [5.41, 5.74) is 2.20. The zero-order valence-electron chi connectivity index (χ0n) is 23.7. The predicted octanol–water partition coefficient (Wildman–Crippen LogP) is 8.89. The van der Waals surface area contributed by atoms with E-state index >= 15 is 0 Å². The molecule has 0 fully saturated rings. The van der Waals surface area contributed by atoms with Gasteiger partial charge in [0, 0.05) is 16.1 Å². The Morgan fingerprint density at radius 2 is 1.30 bits per heavy atom. The molecule has 2 heterocycles. The molecule has 0 aliphatic rings. The summed E-state index contributed by atoms with van der Waals surface area (Å²) < 4.78 is 69.4. The molecular formula is C35H22ClF3N4O2S. The molecule has 0 saturated heterocycles. The Labute approximate surface area is 266 Å². The van der Waals surface area contributed by atoms with Crippen LogP contribution in [0.15, 0.2) is 126 Å². The van der Waals surface area contributed by atoms with Crippen LogP contribution in [0.2, 0.25) is 5.02 Å². The highest BCUT2D eigenvalue weighted by Crippen LogP contribution is 2.42. The Bertz CT molecular complexity index is 2370. The Kier molecular flexibility index (Phi) is 7.16. The van der Waals surface area contributed by atoms with E-state index < -0.39 is 21.8 Å². The molecule has 5 aromatic carbocycles. The lowest BCUT2D eigenvalue weighted by Crippen LogP contribution is -2.12. The highest BCUT2D eigenvalue weighted by Gasteiger charge is 2.36. The number of halogens is 4. The minimum Gasteiger partial charge on any atom is -0.228 e. The number of sulfonamides is 1. The Hall–Kier alpha value is -5.03. The van der Waals surface area contributed by atoms with Crippen LogP contribution in [0.5, 0.6) is 0 Å². The maximum atomic E-state index is 14.8. The molecule has 0 aliphatic heterocycles. The van der Waals surface area contributed by atoms with E-state index in [1.54, 1.807) is 36.4 Å².